The molecule has 0 aliphatic carbocycles. The van der Waals surface area contributed by atoms with Gasteiger partial charge in [0.25, 0.3) is 0 Å². The first-order valence-corrected chi connectivity index (χ1v) is 4.24. The molecule has 2 N–H and O–H groups in total. The molecule has 1 atom stereocenters. The van der Waals surface area contributed by atoms with E-state index >= 15 is 0 Å². The summed E-state index contributed by atoms with van der Waals surface area (Å²) in [6.07, 6.45) is 0. The smallest absolute Gasteiger partial charge is 0.126 e. The van der Waals surface area contributed by atoms with Gasteiger partial charge in [0.1, 0.15) is 12.4 Å². The van der Waals surface area contributed by atoms with Crippen molar-refractivity contribution in [3.8, 4) is 5.75 Å². The third-order valence-electron chi connectivity index (χ3n) is 2.10. The first-order chi connectivity index (χ1) is 5.68. The van der Waals surface area contributed by atoms with Gasteiger partial charge in [0.2, 0.25) is 0 Å². The van der Waals surface area contributed by atoms with Gasteiger partial charge in [-0.15, -0.1) is 0 Å². The first-order valence-electron chi connectivity index (χ1n) is 3.87. The highest BCUT2D eigenvalue weighted by Gasteiger charge is 2.22. The molecule has 0 fully saturated rings. The zero-order chi connectivity index (χ0) is 8.72. The monoisotopic (exact) mass is 183 g/mol. The normalized spacial score (nSPS) is 20.4. The lowest BCUT2D eigenvalue weighted by Gasteiger charge is -2.05. The number of hydrogen-bond acceptors (Lipinski definition) is 2. The Kier molecular flexibility index (Phi) is 1.74. The molecule has 0 unspecified atom stereocenters. The summed E-state index contributed by atoms with van der Waals surface area (Å²) in [4.78, 5) is 0. The van der Waals surface area contributed by atoms with E-state index in [9.17, 15) is 0 Å². The summed E-state index contributed by atoms with van der Waals surface area (Å²) < 4.78 is 5.36. The molecule has 1 aromatic carbocycles. The number of benzene rings is 1. The van der Waals surface area contributed by atoms with Gasteiger partial charge in [-0.25, -0.2) is 0 Å². The highest BCUT2D eigenvalue weighted by atomic mass is 35.5. The minimum Gasteiger partial charge on any atom is -0.491 e. The lowest BCUT2D eigenvalue weighted by molar-refractivity contribution is 0.333. The molecule has 2 nitrogen and oxygen atoms in total. The average Bonchev–Trinajstić information content (AvgIpc) is 2.31. The van der Waals surface area contributed by atoms with E-state index in [0.717, 1.165) is 16.9 Å². The number of fused-ring (bicyclic) bond motifs is 1. The third-order valence-corrected chi connectivity index (χ3v) is 2.32. The molecule has 0 radical (unpaired) electrons. The summed E-state index contributed by atoms with van der Waals surface area (Å²) in [5, 5.41) is 0.709. The maximum atomic E-state index is 5.86. The molecule has 1 aromatic rings. The minimum absolute atomic E-state index is 0.0114. The molecule has 1 aliphatic rings. The minimum atomic E-state index is 0.0114. The summed E-state index contributed by atoms with van der Waals surface area (Å²) in [6, 6.07) is 3.74. The quantitative estimate of drug-likeness (QED) is 0.668. The Morgan fingerprint density at radius 1 is 1.58 bits per heavy atom. The van der Waals surface area contributed by atoms with Crippen LogP contribution in [-0.4, -0.2) is 6.61 Å². The molecule has 0 aromatic heterocycles. The average molecular weight is 184 g/mol. The van der Waals surface area contributed by atoms with Gasteiger partial charge in [0, 0.05) is 10.6 Å². The Labute approximate surface area is 76.3 Å². The molecule has 1 aliphatic heterocycles. The van der Waals surface area contributed by atoms with E-state index in [4.69, 9.17) is 22.1 Å². The highest BCUT2D eigenvalue weighted by molar-refractivity contribution is 6.30. The Morgan fingerprint density at radius 2 is 2.33 bits per heavy atom. The van der Waals surface area contributed by atoms with Crippen LogP contribution in [0, 0.1) is 6.92 Å². The Bertz CT molecular complexity index is 325. The summed E-state index contributed by atoms with van der Waals surface area (Å²) in [6.45, 7) is 2.57. The predicted molar refractivity (Wildman–Crippen MR) is 48.6 cm³/mol. The van der Waals surface area contributed by atoms with Gasteiger partial charge in [0.05, 0.1) is 6.04 Å². The van der Waals surface area contributed by atoms with Crippen LogP contribution in [0.15, 0.2) is 12.1 Å². The van der Waals surface area contributed by atoms with E-state index in [1.807, 2.05) is 19.1 Å². The van der Waals surface area contributed by atoms with Crippen molar-refractivity contribution in [2.24, 2.45) is 5.73 Å². The van der Waals surface area contributed by atoms with E-state index in [0.29, 0.717) is 11.6 Å². The predicted octanol–water partition coefficient (Wildman–Crippen LogP) is 2.04. The Morgan fingerprint density at radius 3 is 3.08 bits per heavy atom. The van der Waals surface area contributed by atoms with Crippen molar-refractivity contribution >= 4 is 11.6 Å². The summed E-state index contributed by atoms with van der Waals surface area (Å²) in [5.41, 5.74) is 8.04. The second-order valence-electron chi connectivity index (χ2n) is 3.05. The van der Waals surface area contributed by atoms with Crippen molar-refractivity contribution in [2.75, 3.05) is 6.61 Å². The summed E-state index contributed by atoms with van der Waals surface area (Å²) in [7, 11) is 0. The van der Waals surface area contributed by atoms with Gasteiger partial charge < -0.3 is 10.5 Å². The topological polar surface area (TPSA) is 35.2 Å². The molecule has 2 rings (SSSR count). The molecular formula is C9H10ClNO. The van der Waals surface area contributed by atoms with Crippen LogP contribution >= 0.6 is 11.6 Å². The van der Waals surface area contributed by atoms with Crippen molar-refractivity contribution in [2.45, 2.75) is 13.0 Å². The van der Waals surface area contributed by atoms with Crippen molar-refractivity contribution in [3.05, 3.63) is 28.3 Å². The number of aryl methyl sites for hydroxylation is 1. The number of hydrogen-bond donors (Lipinski definition) is 1. The largest absolute Gasteiger partial charge is 0.491 e. The number of nitrogens with two attached hydrogens (primary N) is 1. The van der Waals surface area contributed by atoms with Crippen LogP contribution < -0.4 is 10.5 Å². The molecule has 0 saturated heterocycles. The molecule has 0 amide bonds. The zero-order valence-electron chi connectivity index (χ0n) is 6.80. The third kappa shape index (κ3) is 1.08. The maximum absolute atomic E-state index is 5.86. The van der Waals surface area contributed by atoms with Crippen LogP contribution in [0.2, 0.25) is 5.02 Å². The van der Waals surface area contributed by atoms with Crippen molar-refractivity contribution in [1.29, 1.82) is 0 Å². The number of halogens is 1. The van der Waals surface area contributed by atoms with E-state index in [1.54, 1.807) is 0 Å². The lowest BCUT2D eigenvalue weighted by Crippen LogP contribution is -2.11. The highest BCUT2D eigenvalue weighted by Crippen LogP contribution is 2.35. The number of rotatable bonds is 0. The molecule has 1 heterocycles. The zero-order valence-corrected chi connectivity index (χ0v) is 7.56. The second-order valence-corrected chi connectivity index (χ2v) is 3.49. The van der Waals surface area contributed by atoms with Crippen LogP contribution in [0.1, 0.15) is 17.2 Å². The maximum Gasteiger partial charge on any atom is 0.126 e. The van der Waals surface area contributed by atoms with Gasteiger partial charge in [0.15, 0.2) is 0 Å². The van der Waals surface area contributed by atoms with Crippen molar-refractivity contribution < 1.29 is 4.74 Å². The van der Waals surface area contributed by atoms with E-state index in [-0.39, 0.29) is 6.04 Å². The van der Waals surface area contributed by atoms with Crippen LogP contribution in [0.4, 0.5) is 0 Å². The molecule has 12 heavy (non-hydrogen) atoms. The summed E-state index contributed by atoms with van der Waals surface area (Å²) in [5.74, 6) is 0.840. The van der Waals surface area contributed by atoms with Crippen LogP contribution in [0.25, 0.3) is 0 Å². The first kappa shape index (κ1) is 7.90. The van der Waals surface area contributed by atoms with Gasteiger partial charge >= 0.3 is 0 Å². The van der Waals surface area contributed by atoms with Gasteiger partial charge in [-0.3, -0.25) is 0 Å². The molecule has 0 saturated carbocycles. The molecule has 64 valence electrons. The van der Waals surface area contributed by atoms with Crippen LogP contribution in [-0.2, 0) is 0 Å². The standard InChI is InChI=1S/C9H10ClNO/c1-5-2-6(10)3-8-9(5)7(11)4-12-8/h2-3,7H,4,11H2,1H3/t7-/m0/s1. The Balaban J connectivity index is 2.60. The lowest BCUT2D eigenvalue weighted by atomic mass is 10.0. The van der Waals surface area contributed by atoms with Crippen LogP contribution in [0.3, 0.4) is 0 Å². The van der Waals surface area contributed by atoms with Gasteiger partial charge in [-0.05, 0) is 24.6 Å². The molecular weight excluding hydrogens is 174 g/mol. The van der Waals surface area contributed by atoms with Crippen LogP contribution in [0.5, 0.6) is 5.75 Å². The van der Waals surface area contributed by atoms with Gasteiger partial charge in [-0.2, -0.15) is 0 Å². The fourth-order valence-electron chi connectivity index (χ4n) is 1.58. The fourth-order valence-corrected chi connectivity index (χ4v) is 1.84. The molecule has 3 heteroatoms. The molecule has 0 bridgehead atoms. The van der Waals surface area contributed by atoms with E-state index in [1.165, 1.54) is 0 Å². The fraction of sp³-hybridized carbons (Fsp3) is 0.333. The Hall–Kier alpha value is -0.730. The van der Waals surface area contributed by atoms with E-state index < -0.39 is 0 Å². The molecule has 0 spiro atoms. The van der Waals surface area contributed by atoms with Crippen molar-refractivity contribution in [3.63, 3.8) is 0 Å². The number of ether oxygens (including phenoxy) is 1. The summed E-state index contributed by atoms with van der Waals surface area (Å²) >= 11 is 5.86. The van der Waals surface area contributed by atoms with Gasteiger partial charge in [-0.1, -0.05) is 11.6 Å². The second kappa shape index (κ2) is 2.64. The SMILES string of the molecule is Cc1cc(Cl)cc2c1[C@@H](N)CO2. The van der Waals surface area contributed by atoms with E-state index in [2.05, 4.69) is 0 Å². The van der Waals surface area contributed by atoms with Crippen molar-refractivity contribution in [1.82, 2.24) is 0 Å².